The molecule has 0 spiro atoms. The highest BCUT2D eigenvalue weighted by atomic mass is 32.2. The molecule has 17 heavy (non-hydrogen) atoms. The number of hydrogen-bond donors (Lipinski definition) is 2. The maximum Gasteiger partial charge on any atom is 0.250 e. The summed E-state index contributed by atoms with van der Waals surface area (Å²) < 4.78 is 26.3. The second kappa shape index (κ2) is 6.19. The third kappa shape index (κ3) is 4.97. The van der Waals surface area contributed by atoms with Crippen LogP contribution in [-0.2, 0) is 10.0 Å². The topological polar surface area (TPSA) is 66.4 Å². The zero-order chi connectivity index (χ0) is 12.9. The van der Waals surface area contributed by atoms with Crippen LogP contribution in [0.25, 0.3) is 0 Å². The lowest BCUT2D eigenvalue weighted by atomic mass is 10.1. The van der Waals surface area contributed by atoms with E-state index in [0.29, 0.717) is 6.42 Å². The Morgan fingerprint density at radius 1 is 1.59 bits per heavy atom. The van der Waals surface area contributed by atoms with Gasteiger partial charge in [0.15, 0.2) is 0 Å². The van der Waals surface area contributed by atoms with Crippen molar-refractivity contribution in [2.75, 3.05) is 18.6 Å². The average Bonchev–Trinajstić information content (AvgIpc) is 2.78. The van der Waals surface area contributed by atoms with Crippen molar-refractivity contribution in [3.63, 3.8) is 0 Å². The second-order valence-electron chi connectivity index (χ2n) is 4.00. The monoisotopic (exact) mass is 295 g/mol. The molecule has 0 saturated carbocycles. The second-order valence-corrected chi connectivity index (χ2v) is 7.92. The molecule has 1 aromatic rings. The van der Waals surface area contributed by atoms with Gasteiger partial charge in [0.1, 0.15) is 4.21 Å². The molecule has 1 unspecified atom stereocenters. The Morgan fingerprint density at radius 2 is 2.29 bits per heavy atom. The fourth-order valence-electron chi connectivity index (χ4n) is 1.15. The van der Waals surface area contributed by atoms with Crippen LogP contribution < -0.4 is 4.72 Å². The summed E-state index contributed by atoms with van der Waals surface area (Å²) in [6.45, 7) is 1.67. The molecule has 98 valence electrons. The quantitative estimate of drug-likeness (QED) is 0.800. The molecule has 0 aliphatic heterocycles. The van der Waals surface area contributed by atoms with E-state index in [2.05, 4.69) is 4.72 Å². The van der Waals surface area contributed by atoms with Crippen molar-refractivity contribution in [3.8, 4) is 0 Å². The molecule has 4 nitrogen and oxygen atoms in total. The van der Waals surface area contributed by atoms with Gasteiger partial charge in [0.2, 0.25) is 10.0 Å². The lowest BCUT2D eigenvalue weighted by Gasteiger charge is -2.22. The lowest BCUT2D eigenvalue weighted by molar-refractivity contribution is 0.0626. The molecule has 0 aliphatic carbocycles. The van der Waals surface area contributed by atoms with Crippen molar-refractivity contribution in [1.29, 1.82) is 0 Å². The summed E-state index contributed by atoms with van der Waals surface area (Å²) in [7, 11) is -3.47. The van der Waals surface area contributed by atoms with Crippen LogP contribution in [0.15, 0.2) is 21.7 Å². The van der Waals surface area contributed by atoms with E-state index in [1.54, 1.807) is 36.2 Å². The third-order valence-corrected chi connectivity index (χ3v) is 5.66. The number of thiophene rings is 1. The Morgan fingerprint density at radius 3 is 2.82 bits per heavy atom. The molecule has 2 N–H and O–H groups in total. The molecule has 0 saturated heterocycles. The Labute approximate surface area is 110 Å². The minimum Gasteiger partial charge on any atom is -0.389 e. The molecular formula is C10H17NO3S3. The standard InChI is InChI=1S/C10H17NO3S3/c1-10(12,5-7-15-2)8-11-17(13,14)9-4-3-6-16-9/h3-4,6,11-12H,5,7-8H2,1-2H3. The molecule has 0 aliphatic rings. The zero-order valence-electron chi connectivity index (χ0n) is 9.84. The van der Waals surface area contributed by atoms with Gasteiger partial charge < -0.3 is 5.11 Å². The number of sulfonamides is 1. The van der Waals surface area contributed by atoms with E-state index in [-0.39, 0.29) is 10.8 Å². The third-order valence-electron chi connectivity index (χ3n) is 2.25. The molecule has 0 aromatic carbocycles. The molecule has 0 amide bonds. The summed E-state index contributed by atoms with van der Waals surface area (Å²) >= 11 is 2.79. The van der Waals surface area contributed by atoms with Gasteiger partial charge in [-0.15, -0.1) is 11.3 Å². The lowest BCUT2D eigenvalue weighted by Crippen LogP contribution is -2.40. The highest BCUT2D eigenvalue weighted by molar-refractivity contribution is 7.98. The van der Waals surface area contributed by atoms with Crippen LogP contribution in [-0.4, -0.2) is 37.7 Å². The first-order chi connectivity index (χ1) is 7.87. The van der Waals surface area contributed by atoms with Crippen LogP contribution in [0.2, 0.25) is 0 Å². The maximum absolute atomic E-state index is 11.8. The SMILES string of the molecule is CSCCC(C)(O)CNS(=O)(=O)c1cccs1. The predicted molar refractivity (Wildman–Crippen MR) is 73.1 cm³/mol. The van der Waals surface area contributed by atoms with E-state index in [9.17, 15) is 13.5 Å². The Hall–Kier alpha value is -0.0800. The van der Waals surface area contributed by atoms with Gasteiger partial charge in [0.25, 0.3) is 0 Å². The fourth-order valence-corrected chi connectivity index (χ4v) is 3.99. The van der Waals surface area contributed by atoms with E-state index in [1.807, 2.05) is 6.26 Å². The van der Waals surface area contributed by atoms with E-state index < -0.39 is 15.6 Å². The molecular weight excluding hydrogens is 278 g/mol. The summed E-state index contributed by atoms with van der Waals surface area (Å²) in [6.07, 6.45) is 2.51. The summed E-state index contributed by atoms with van der Waals surface area (Å²) in [4.78, 5) is 0. The minimum absolute atomic E-state index is 0.0355. The number of aliphatic hydroxyl groups is 1. The maximum atomic E-state index is 11.8. The van der Waals surface area contributed by atoms with Gasteiger partial charge in [0.05, 0.1) is 5.60 Å². The summed E-state index contributed by atoms with van der Waals surface area (Å²) in [6, 6.07) is 3.23. The fraction of sp³-hybridized carbons (Fsp3) is 0.600. The van der Waals surface area contributed by atoms with E-state index >= 15 is 0 Å². The Bertz CT molecular complexity index is 426. The molecule has 1 atom stereocenters. The van der Waals surface area contributed by atoms with E-state index in [0.717, 1.165) is 17.1 Å². The van der Waals surface area contributed by atoms with Crippen LogP contribution in [0.5, 0.6) is 0 Å². The van der Waals surface area contributed by atoms with Gasteiger partial charge in [-0.2, -0.15) is 11.8 Å². The first-order valence-electron chi connectivity index (χ1n) is 5.12. The molecule has 0 radical (unpaired) electrons. The van der Waals surface area contributed by atoms with Crippen LogP contribution in [0.3, 0.4) is 0 Å². The predicted octanol–water partition coefficient (Wildman–Crippen LogP) is 1.53. The highest BCUT2D eigenvalue weighted by Crippen LogP contribution is 2.17. The van der Waals surface area contributed by atoms with Gasteiger partial charge in [0, 0.05) is 6.54 Å². The van der Waals surface area contributed by atoms with Crippen molar-refractivity contribution in [2.45, 2.75) is 23.2 Å². The van der Waals surface area contributed by atoms with Crippen molar-refractivity contribution in [2.24, 2.45) is 0 Å². The molecule has 0 fully saturated rings. The number of hydrogen-bond acceptors (Lipinski definition) is 5. The van der Waals surface area contributed by atoms with Gasteiger partial charge >= 0.3 is 0 Å². The van der Waals surface area contributed by atoms with Gasteiger partial charge in [-0.05, 0) is 36.8 Å². The minimum atomic E-state index is -3.47. The van der Waals surface area contributed by atoms with Crippen molar-refractivity contribution < 1.29 is 13.5 Å². The first kappa shape index (κ1) is 15.0. The number of nitrogens with one attached hydrogen (secondary N) is 1. The van der Waals surface area contributed by atoms with Crippen LogP contribution in [0.4, 0.5) is 0 Å². The summed E-state index contributed by atoms with van der Waals surface area (Å²) in [5, 5.41) is 11.7. The van der Waals surface area contributed by atoms with Crippen LogP contribution in [0.1, 0.15) is 13.3 Å². The van der Waals surface area contributed by atoms with Crippen molar-refractivity contribution >= 4 is 33.1 Å². The summed E-state index contributed by atoms with van der Waals surface area (Å²) in [5.41, 5.74) is -1.01. The summed E-state index contributed by atoms with van der Waals surface area (Å²) in [5.74, 6) is 0.799. The van der Waals surface area contributed by atoms with Gasteiger partial charge in [-0.3, -0.25) is 0 Å². The smallest absolute Gasteiger partial charge is 0.250 e. The zero-order valence-corrected chi connectivity index (χ0v) is 12.3. The number of thioether (sulfide) groups is 1. The van der Waals surface area contributed by atoms with Crippen LogP contribution in [0, 0.1) is 0 Å². The Kier molecular flexibility index (Phi) is 5.46. The molecule has 1 heterocycles. The van der Waals surface area contributed by atoms with Gasteiger partial charge in [-0.25, -0.2) is 13.1 Å². The van der Waals surface area contributed by atoms with Crippen LogP contribution >= 0.6 is 23.1 Å². The van der Waals surface area contributed by atoms with Gasteiger partial charge in [-0.1, -0.05) is 6.07 Å². The first-order valence-corrected chi connectivity index (χ1v) is 8.87. The molecule has 1 rings (SSSR count). The molecule has 1 aromatic heterocycles. The molecule has 0 bridgehead atoms. The van der Waals surface area contributed by atoms with E-state index in [4.69, 9.17) is 0 Å². The largest absolute Gasteiger partial charge is 0.389 e. The molecule has 7 heteroatoms. The Balaban J connectivity index is 2.56. The van der Waals surface area contributed by atoms with Crippen molar-refractivity contribution in [1.82, 2.24) is 4.72 Å². The normalized spacial score (nSPS) is 15.7. The highest BCUT2D eigenvalue weighted by Gasteiger charge is 2.24. The van der Waals surface area contributed by atoms with Crippen molar-refractivity contribution in [3.05, 3.63) is 17.5 Å². The van der Waals surface area contributed by atoms with E-state index in [1.165, 1.54) is 0 Å². The number of rotatable bonds is 7. The average molecular weight is 295 g/mol.